The van der Waals surface area contributed by atoms with Crippen LogP contribution in [0.3, 0.4) is 0 Å². The molecule has 4 heteroatoms. The van der Waals surface area contributed by atoms with Gasteiger partial charge in [-0.1, -0.05) is 6.07 Å². The van der Waals surface area contributed by atoms with E-state index >= 15 is 0 Å². The lowest BCUT2D eigenvalue weighted by Crippen LogP contribution is -2.34. The molecule has 1 aliphatic heterocycles. The molecule has 1 aromatic rings. The van der Waals surface area contributed by atoms with Crippen LogP contribution >= 0.6 is 0 Å². The van der Waals surface area contributed by atoms with Crippen LogP contribution in [-0.2, 0) is 4.74 Å². The highest BCUT2D eigenvalue weighted by Gasteiger charge is 2.15. The van der Waals surface area contributed by atoms with Crippen molar-refractivity contribution in [2.24, 2.45) is 0 Å². The van der Waals surface area contributed by atoms with E-state index in [2.05, 4.69) is 12.2 Å². The van der Waals surface area contributed by atoms with Crippen molar-refractivity contribution >= 4 is 0 Å². The summed E-state index contributed by atoms with van der Waals surface area (Å²) in [5.41, 5.74) is 0. The zero-order valence-electron chi connectivity index (χ0n) is 12.4. The van der Waals surface area contributed by atoms with Gasteiger partial charge >= 0.3 is 0 Å². The van der Waals surface area contributed by atoms with Gasteiger partial charge in [0, 0.05) is 25.8 Å². The van der Waals surface area contributed by atoms with Crippen LogP contribution < -0.4 is 14.8 Å². The maximum atomic E-state index is 5.88. The van der Waals surface area contributed by atoms with Crippen molar-refractivity contribution in [2.75, 3.05) is 26.3 Å². The molecule has 0 saturated carbocycles. The highest BCUT2D eigenvalue weighted by atomic mass is 16.5. The molecule has 0 aliphatic carbocycles. The Bertz CT molecular complexity index is 391. The van der Waals surface area contributed by atoms with Gasteiger partial charge in [0.1, 0.15) is 17.6 Å². The van der Waals surface area contributed by atoms with Gasteiger partial charge in [0.2, 0.25) is 0 Å². The summed E-state index contributed by atoms with van der Waals surface area (Å²) in [5, 5.41) is 3.41. The van der Waals surface area contributed by atoms with Crippen LogP contribution in [0.5, 0.6) is 11.5 Å². The molecule has 1 N–H and O–H groups in total. The molecule has 4 nitrogen and oxygen atoms in total. The van der Waals surface area contributed by atoms with E-state index in [1.165, 1.54) is 12.8 Å². The second kappa shape index (κ2) is 8.12. The van der Waals surface area contributed by atoms with E-state index in [9.17, 15) is 0 Å². The summed E-state index contributed by atoms with van der Waals surface area (Å²) in [6, 6.07) is 7.78. The Morgan fingerprint density at radius 3 is 3.00 bits per heavy atom. The molecule has 1 heterocycles. The van der Waals surface area contributed by atoms with Gasteiger partial charge < -0.3 is 19.5 Å². The van der Waals surface area contributed by atoms with E-state index in [4.69, 9.17) is 14.2 Å². The molecule has 2 rings (SSSR count). The van der Waals surface area contributed by atoms with Gasteiger partial charge in [-0.15, -0.1) is 0 Å². The molecule has 1 fully saturated rings. The van der Waals surface area contributed by atoms with E-state index in [1.807, 2.05) is 31.2 Å². The zero-order valence-corrected chi connectivity index (χ0v) is 12.4. The number of nitrogens with one attached hydrogen (secondary N) is 1. The van der Waals surface area contributed by atoms with Gasteiger partial charge in [0.05, 0.1) is 12.7 Å². The smallest absolute Gasteiger partial charge is 0.123 e. The zero-order chi connectivity index (χ0) is 14.2. The molecule has 112 valence electrons. The number of benzene rings is 1. The van der Waals surface area contributed by atoms with E-state index in [0.29, 0.717) is 12.7 Å². The summed E-state index contributed by atoms with van der Waals surface area (Å²) in [6.07, 6.45) is 2.85. The average molecular weight is 279 g/mol. The van der Waals surface area contributed by atoms with E-state index < -0.39 is 0 Å². The van der Waals surface area contributed by atoms with Gasteiger partial charge in [0.15, 0.2) is 0 Å². The lowest BCUT2D eigenvalue weighted by Gasteiger charge is -2.17. The van der Waals surface area contributed by atoms with Crippen LogP contribution in [0.1, 0.15) is 26.7 Å². The molecule has 0 radical (unpaired) electrons. The molecule has 20 heavy (non-hydrogen) atoms. The first-order chi connectivity index (χ1) is 9.78. The molecule has 2 atom stereocenters. The van der Waals surface area contributed by atoms with E-state index in [-0.39, 0.29) is 6.10 Å². The van der Waals surface area contributed by atoms with Crippen molar-refractivity contribution in [3.8, 4) is 11.5 Å². The highest BCUT2D eigenvalue weighted by molar-refractivity contribution is 5.33. The summed E-state index contributed by atoms with van der Waals surface area (Å²) in [4.78, 5) is 0. The molecule has 0 aromatic heterocycles. The molecule has 1 saturated heterocycles. The second-order valence-corrected chi connectivity index (χ2v) is 5.13. The first-order valence-electron chi connectivity index (χ1n) is 7.49. The quantitative estimate of drug-likeness (QED) is 0.794. The minimum absolute atomic E-state index is 0.119. The Hall–Kier alpha value is -1.26. The fourth-order valence-corrected chi connectivity index (χ4v) is 2.33. The van der Waals surface area contributed by atoms with Crippen molar-refractivity contribution < 1.29 is 14.2 Å². The summed E-state index contributed by atoms with van der Waals surface area (Å²) in [6.45, 7) is 7.34. The van der Waals surface area contributed by atoms with E-state index in [1.54, 1.807) is 0 Å². The third-order valence-electron chi connectivity index (χ3n) is 3.28. The number of hydrogen-bond acceptors (Lipinski definition) is 4. The Morgan fingerprint density at radius 1 is 1.40 bits per heavy atom. The minimum atomic E-state index is 0.119. The molecular formula is C16H25NO3. The van der Waals surface area contributed by atoms with Crippen molar-refractivity contribution in [1.29, 1.82) is 0 Å². The molecular weight excluding hydrogens is 254 g/mol. The van der Waals surface area contributed by atoms with Gasteiger partial charge in [-0.2, -0.15) is 0 Å². The Kier molecular flexibility index (Phi) is 6.15. The lowest BCUT2D eigenvalue weighted by molar-refractivity contribution is 0.106. The average Bonchev–Trinajstić information content (AvgIpc) is 2.93. The predicted molar refractivity (Wildman–Crippen MR) is 79.5 cm³/mol. The van der Waals surface area contributed by atoms with Crippen molar-refractivity contribution in [2.45, 2.75) is 38.9 Å². The molecule has 0 bridgehead atoms. The van der Waals surface area contributed by atoms with Crippen LogP contribution in [0.4, 0.5) is 0 Å². The second-order valence-electron chi connectivity index (χ2n) is 5.13. The highest BCUT2D eigenvalue weighted by Crippen LogP contribution is 2.20. The molecule has 0 spiro atoms. The number of ether oxygens (including phenoxy) is 3. The molecule has 1 aromatic carbocycles. The monoisotopic (exact) mass is 279 g/mol. The lowest BCUT2D eigenvalue weighted by atomic mass is 10.2. The molecule has 2 unspecified atom stereocenters. The topological polar surface area (TPSA) is 39.7 Å². The maximum Gasteiger partial charge on any atom is 0.123 e. The first kappa shape index (κ1) is 15.1. The molecule has 0 amide bonds. The van der Waals surface area contributed by atoms with Crippen LogP contribution in [0.15, 0.2) is 24.3 Å². The van der Waals surface area contributed by atoms with Gasteiger partial charge in [-0.3, -0.25) is 0 Å². The van der Waals surface area contributed by atoms with Gasteiger partial charge in [-0.25, -0.2) is 0 Å². The predicted octanol–water partition coefficient (Wildman–Crippen LogP) is 2.62. The minimum Gasteiger partial charge on any atom is -0.494 e. The summed E-state index contributed by atoms with van der Waals surface area (Å²) in [5.74, 6) is 1.70. The summed E-state index contributed by atoms with van der Waals surface area (Å²) >= 11 is 0. The standard InChI is InChI=1S/C16H25NO3/c1-3-18-14-6-4-7-15(10-14)20-13(2)11-17-12-16-8-5-9-19-16/h4,6-7,10,13,16-17H,3,5,8-9,11-12H2,1-2H3. The Balaban J connectivity index is 1.70. The van der Waals surface area contributed by atoms with Crippen LogP contribution in [0.25, 0.3) is 0 Å². The third kappa shape index (κ3) is 5.02. The summed E-state index contributed by atoms with van der Waals surface area (Å²) in [7, 11) is 0. The van der Waals surface area contributed by atoms with Crippen LogP contribution in [0.2, 0.25) is 0 Å². The number of rotatable bonds is 8. The SMILES string of the molecule is CCOc1cccc(OC(C)CNCC2CCCO2)c1. The third-order valence-corrected chi connectivity index (χ3v) is 3.28. The van der Waals surface area contributed by atoms with Crippen LogP contribution in [-0.4, -0.2) is 38.5 Å². The Labute approximate surface area is 121 Å². The summed E-state index contributed by atoms with van der Waals surface area (Å²) < 4.78 is 16.9. The van der Waals surface area contributed by atoms with Crippen molar-refractivity contribution in [3.63, 3.8) is 0 Å². The normalized spacial score (nSPS) is 19.8. The fraction of sp³-hybridized carbons (Fsp3) is 0.625. The maximum absolute atomic E-state index is 5.88. The fourth-order valence-electron chi connectivity index (χ4n) is 2.33. The first-order valence-corrected chi connectivity index (χ1v) is 7.49. The van der Waals surface area contributed by atoms with E-state index in [0.717, 1.165) is 31.2 Å². The van der Waals surface area contributed by atoms with Gasteiger partial charge in [0.25, 0.3) is 0 Å². The Morgan fingerprint density at radius 2 is 2.25 bits per heavy atom. The number of hydrogen-bond donors (Lipinski definition) is 1. The largest absolute Gasteiger partial charge is 0.494 e. The van der Waals surface area contributed by atoms with Crippen LogP contribution in [0, 0.1) is 0 Å². The van der Waals surface area contributed by atoms with Crippen molar-refractivity contribution in [3.05, 3.63) is 24.3 Å². The van der Waals surface area contributed by atoms with Gasteiger partial charge in [-0.05, 0) is 38.8 Å². The molecule has 1 aliphatic rings. The van der Waals surface area contributed by atoms with Crippen molar-refractivity contribution in [1.82, 2.24) is 5.32 Å².